The van der Waals surface area contributed by atoms with E-state index >= 15 is 0 Å². The third-order valence-electron chi connectivity index (χ3n) is 3.86. The van der Waals surface area contributed by atoms with E-state index in [-0.39, 0.29) is 12.6 Å². The van der Waals surface area contributed by atoms with Crippen molar-refractivity contribution in [2.45, 2.75) is 13.0 Å². The SMILES string of the molecule is COc1ccccc1-c1ccc(C(C)N(C)CC(=O)O)cc1. The molecule has 0 fully saturated rings. The number of rotatable bonds is 6. The maximum Gasteiger partial charge on any atom is 0.317 e. The first kappa shape index (κ1) is 16.0. The lowest BCUT2D eigenvalue weighted by atomic mass is 10.00. The fourth-order valence-corrected chi connectivity index (χ4v) is 2.43. The van der Waals surface area contributed by atoms with Gasteiger partial charge in [0.1, 0.15) is 5.75 Å². The van der Waals surface area contributed by atoms with Crippen LogP contribution in [0.15, 0.2) is 48.5 Å². The smallest absolute Gasteiger partial charge is 0.317 e. The topological polar surface area (TPSA) is 49.8 Å². The number of carbonyl (C=O) groups is 1. The van der Waals surface area contributed by atoms with Gasteiger partial charge in [-0.25, -0.2) is 0 Å². The molecule has 4 nitrogen and oxygen atoms in total. The normalized spacial score (nSPS) is 12.2. The standard InChI is InChI=1S/C18H21NO3/c1-13(19(2)12-18(20)21)14-8-10-15(11-9-14)16-6-4-5-7-17(16)22-3/h4-11,13H,12H2,1-3H3,(H,20,21). The molecule has 2 aromatic carbocycles. The number of carboxylic acids is 1. The van der Waals surface area contributed by atoms with Crippen LogP contribution in [-0.4, -0.2) is 36.7 Å². The zero-order valence-electron chi connectivity index (χ0n) is 13.1. The Balaban J connectivity index is 2.21. The van der Waals surface area contributed by atoms with Gasteiger partial charge in [-0.1, -0.05) is 42.5 Å². The minimum absolute atomic E-state index is 0.0232. The molecule has 2 aromatic rings. The minimum Gasteiger partial charge on any atom is -0.496 e. The fraction of sp³-hybridized carbons (Fsp3) is 0.278. The Kier molecular flexibility index (Phi) is 5.17. The molecule has 22 heavy (non-hydrogen) atoms. The molecule has 0 radical (unpaired) electrons. The second-order valence-electron chi connectivity index (χ2n) is 5.31. The highest BCUT2D eigenvalue weighted by atomic mass is 16.5. The van der Waals surface area contributed by atoms with E-state index in [4.69, 9.17) is 9.84 Å². The van der Waals surface area contributed by atoms with Crippen LogP contribution in [0.2, 0.25) is 0 Å². The third-order valence-corrected chi connectivity index (χ3v) is 3.86. The van der Waals surface area contributed by atoms with Crippen LogP contribution in [0.25, 0.3) is 11.1 Å². The quantitative estimate of drug-likeness (QED) is 0.887. The molecule has 2 rings (SSSR count). The van der Waals surface area contributed by atoms with Crippen LogP contribution in [0.1, 0.15) is 18.5 Å². The van der Waals surface area contributed by atoms with Gasteiger partial charge >= 0.3 is 5.97 Å². The molecule has 1 atom stereocenters. The summed E-state index contributed by atoms with van der Waals surface area (Å²) in [4.78, 5) is 12.6. The van der Waals surface area contributed by atoms with Crippen LogP contribution in [0.3, 0.4) is 0 Å². The van der Waals surface area contributed by atoms with Crippen molar-refractivity contribution >= 4 is 5.97 Å². The van der Waals surface area contributed by atoms with E-state index < -0.39 is 5.97 Å². The van der Waals surface area contributed by atoms with Crippen molar-refractivity contribution in [2.24, 2.45) is 0 Å². The van der Waals surface area contributed by atoms with Crippen molar-refractivity contribution in [3.63, 3.8) is 0 Å². The molecular weight excluding hydrogens is 278 g/mol. The second kappa shape index (κ2) is 7.09. The van der Waals surface area contributed by atoms with E-state index in [1.165, 1.54) is 0 Å². The summed E-state index contributed by atoms with van der Waals surface area (Å²) in [7, 11) is 3.48. The van der Waals surface area contributed by atoms with Crippen molar-refractivity contribution < 1.29 is 14.6 Å². The average Bonchev–Trinajstić information content (AvgIpc) is 2.53. The summed E-state index contributed by atoms with van der Waals surface area (Å²) in [5, 5.41) is 8.87. The number of aliphatic carboxylic acids is 1. The Morgan fingerprint density at radius 1 is 1.18 bits per heavy atom. The predicted octanol–water partition coefficient (Wildman–Crippen LogP) is 3.44. The zero-order chi connectivity index (χ0) is 16.1. The molecule has 0 saturated carbocycles. The number of methoxy groups -OCH3 is 1. The summed E-state index contributed by atoms with van der Waals surface area (Å²) in [5.74, 6) is 0.0197. The molecule has 1 unspecified atom stereocenters. The van der Waals surface area contributed by atoms with Crippen molar-refractivity contribution in [1.82, 2.24) is 4.90 Å². The summed E-state index contributed by atoms with van der Waals surface area (Å²) < 4.78 is 5.39. The van der Waals surface area contributed by atoms with Crippen molar-refractivity contribution in [2.75, 3.05) is 20.7 Å². The van der Waals surface area contributed by atoms with Crippen LogP contribution < -0.4 is 4.74 Å². The molecule has 0 aromatic heterocycles. The molecule has 0 heterocycles. The second-order valence-corrected chi connectivity index (χ2v) is 5.31. The number of para-hydroxylation sites is 1. The first-order chi connectivity index (χ1) is 10.5. The van der Waals surface area contributed by atoms with Gasteiger partial charge in [-0.05, 0) is 31.2 Å². The summed E-state index contributed by atoms with van der Waals surface area (Å²) in [5.41, 5.74) is 3.21. The van der Waals surface area contributed by atoms with E-state index in [0.717, 1.165) is 22.4 Å². The molecule has 0 bridgehead atoms. The number of carboxylic acid groups (broad SMARTS) is 1. The first-order valence-corrected chi connectivity index (χ1v) is 7.18. The van der Waals surface area contributed by atoms with Gasteiger partial charge in [-0.3, -0.25) is 9.69 Å². The number of likely N-dealkylation sites (N-methyl/N-ethyl adjacent to an activating group) is 1. The van der Waals surface area contributed by atoms with Crippen LogP contribution in [0, 0.1) is 0 Å². The number of ether oxygens (including phenoxy) is 1. The zero-order valence-corrected chi connectivity index (χ0v) is 13.1. The van der Waals surface area contributed by atoms with Gasteiger partial charge in [0.05, 0.1) is 13.7 Å². The summed E-state index contributed by atoms with van der Waals surface area (Å²) in [6.07, 6.45) is 0. The molecule has 116 valence electrons. The van der Waals surface area contributed by atoms with Gasteiger partial charge in [0.15, 0.2) is 0 Å². The van der Waals surface area contributed by atoms with E-state index in [2.05, 4.69) is 0 Å². The Bertz CT molecular complexity index is 637. The van der Waals surface area contributed by atoms with Gasteiger partial charge in [0.25, 0.3) is 0 Å². The van der Waals surface area contributed by atoms with Crippen molar-refractivity contribution in [1.29, 1.82) is 0 Å². The third kappa shape index (κ3) is 3.65. The lowest BCUT2D eigenvalue weighted by Crippen LogP contribution is -2.28. The van der Waals surface area contributed by atoms with E-state index in [1.807, 2.05) is 62.5 Å². The monoisotopic (exact) mass is 299 g/mol. The highest BCUT2D eigenvalue weighted by Gasteiger charge is 2.14. The van der Waals surface area contributed by atoms with Crippen LogP contribution >= 0.6 is 0 Å². The Labute approximate surface area is 131 Å². The number of hydrogen-bond donors (Lipinski definition) is 1. The summed E-state index contributed by atoms with van der Waals surface area (Å²) in [6, 6.07) is 16.1. The van der Waals surface area contributed by atoms with Gasteiger partial charge in [0, 0.05) is 11.6 Å². The molecule has 0 aliphatic heterocycles. The number of benzene rings is 2. The molecule has 0 aliphatic rings. The molecule has 0 aliphatic carbocycles. The Morgan fingerprint density at radius 2 is 1.82 bits per heavy atom. The van der Waals surface area contributed by atoms with E-state index in [9.17, 15) is 4.79 Å². The Hall–Kier alpha value is -2.33. The van der Waals surface area contributed by atoms with Crippen molar-refractivity contribution in [3.8, 4) is 16.9 Å². The molecular formula is C18H21NO3. The average molecular weight is 299 g/mol. The highest BCUT2D eigenvalue weighted by Crippen LogP contribution is 2.30. The van der Waals surface area contributed by atoms with Crippen LogP contribution in [-0.2, 0) is 4.79 Å². The molecule has 0 saturated heterocycles. The fourth-order valence-electron chi connectivity index (χ4n) is 2.43. The molecule has 0 amide bonds. The van der Waals surface area contributed by atoms with Gasteiger partial charge in [-0.2, -0.15) is 0 Å². The summed E-state index contributed by atoms with van der Waals surface area (Å²) >= 11 is 0. The van der Waals surface area contributed by atoms with Crippen LogP contribution in [0.4, 0.5) is 0 Å². The molecule has 4 heteroatoms. The predicted molar refractivity (Wildman–Crippen MR) is 87.1 cm³/mol. The number of hydrogen-bond acceptors (Lipinski definition) is 3. The highest BCUT2D eigenvalue weighted by molar-refractivity contribution is 5.71. The van der Waals surface area contributed by atoms with Gasteiger partial charge in [-0.15, -0.1) is 0 Å². The van der Waals surface area contributed by atoms with Crippen LogP contribution in [0.5, 0.6) is 5.75 Å². The van der Waals surface area contributed by atoms with Gasteiger partial charge < -0.3 is 9.84 Å². The van der Waals surface area contributed by atoms with Crippen molar-refractivity contribution in [3.05, 3.63) is 54.1 Å². The number of nitrogens with zero attached hydrogens (tertiary/aromatic N) is 1. The first-order valence-electron chi connectivity index (χ1n) is 7.18. The van der Waals surface area contributed by atoms with Gasteiger partial charge in [0.2, 0.25) is 0 Å². The largest absolute Gasteiger partial charge is 0.496 e. The Morgan fingerprint density at radius 3 is 2.41 bits per heavy atom. The maximum absolute atomic E-state index is 10.8. The molecule has 0 spiro atoms. The maximum atomic E-state index is 10.8. The molecule has 1 N–H and O–H groups in total. The summed E-state index contributed by atoms with van der Waals surface area (Å²) in [6.45, 7) is 2.02. The lowest BCUT2D eigenvalue weighted by Gasteiger charge is -2.23. The van der Waals surface area contributed by atoms with E-state index in [0.29, 0.717) is 0 Å². The minimum atomic E-state index is -0.819. The van der Waals surface area contributed by atoms with E-state index in [1.54, 1.807) is 12.0 Å². The lowest BCUT2D eigenvalue weighted by molar-refractivity contribution is -0.138.